The molecule has 102 valence electrons. The average Bonchev–Trinajstić information content (AvgIpc) is 2.88. The molecule has 6 nitrogen and oxygen atoms in total. The lowest BCUT2D eigenvalue weighted by atomic mass is 10.3. The number of nitrogens with zero attached hydrogens (tertiary/aromatic N) is 5. The zero-order valence-corrected chi connectivity index (χ0v) is 12.2. The van der Waals surface area contributed by atoms with Gasteiger partial charge in [0.15, 0.2) is 5.82 Å². The number of para-hydroxylation sites is 1. The number of nitriles is 1. The molecule has 0 spiro atoms. The van der Waals surface area contributed by atoms with Gasteiger partial charge in [-0.1, -0.05) is 23.4 Å². The number of hydrogen-bond donors (Lipinski definition) is 1. The van der Waals surface area contributed by atoms with Crippen LogP contribution in [0.25, 0.3) is 16.7 Å². The van der Waals surface area contributed by atoms with Crippen LogP contribution in [0, 0.1) is 11.3 Å². The maximum absolute atomic E-state index is 9.11. The lowest BCUT2D eigenvalue weighted by Crippen LogP contribution is -2.08. The number of oxime groups is 1. The molecule has 3 aromatic rings. The van der Waals surface area contributed by atoms with Crippen LogP contribution in [0.3, 0.4) is 0 Å². The van der Waals surface area contributed by atoms with E-state index >= 15 is 0 Å². The van der Waals surface area contributed by atoms with E-state index in [1.807, 2.05) is 36.4 Å². The van der Waals surface area contributed by atoms with Crippen molar-refractivity contribution in [3.05, 3.63) is 53.0 Å². The maximum Gasteiger partial charge on any atom is 0.222 e. The van der Waals surface area contributed by atoms with Crippen LogP contribution in [0.4, 0.5) is 0 Å². The highest BCUT2D eigenvalue weighted by Crippen LogP contribution is 2.23. The Morgan fingerprint density at radius 1 is 1.33 bits per heavy atom. The summed E-state index contributed by atoms with van der Waals surface area (Å²) in [6, 6.07) is 13.0. The molecule has 0 aliphatic carbocycles. The summed E-state index contributed by atoms with van der Waals surface area (Å²) in [5.41, 5.74) is 2.01. The number of imidazole rings is 1. The van der Waals surface area contributed by atoms with Gasteiger partial charge in [0.1, 0.15) is 16.2 Å². The van der Waals surface area contributed by atoms with Gasteiger partial charge in [0.05, 0.1) is 11.7 Å². The van der Waals surface area contributed by atoms with E-state index in [1.165, 1.54) is 0 Å². The van der Waals surface area contributed by atoms with Crippen molar-refractivity contribution < 1.29 is 5.21 Å². The first-order chi connectivity index (χ1) is 10.2. The molecule has 0 saturated heterocycles. The molecule has 0 amide bonds. The molecule has 0 atom stereocenters. The summed E-state index contributed by atoms with van der Waals surface area (Å²) in [7, 11) is 0. The van der Waals surface area contributed by atoms with Gasteiger partial charge in [-0.05, 0) is 34.1 Å². The topological polar surface area (TPSA) is 87.1 Å². The fourth-order valence-corrected chi connectivity index (χ4v) is 2.39. The first kappa shape index (κ1) is 13.3. The zero-order valence-electron chi connectivity index (χ0n) is 10.6. The number of hydrogen-bond acceptors (Lipinski definition) is 5. The second kappa shape index (κ2) is 5.34. The van der Waals surface area contributed by atoms with Crippen molar-refractivity contribution in [3.63, 3.8) is 0 Å². The van der Waals surface area contributed by atoms with E-state index in [0.717, 1.165) is 11.2 Å². The van der Waals surface area contributed by atoms with Crippen LogP contribution in [-0.2, 0) is 0 Å². The molecule has 0 fully saturated rings. The molecule has 0 aliphatic heterocycles. The highest BCUT2D eigenvalue weighted by Gasteiger charge is 2.18. The third-order valence-corrected chi connectivity index (χ3v) is 3.37. The standard InChI is InChI=1S/C14H8BrN5O/c15-13-6-12-11(8-17-13)18-14(10(7-16)19-21)20(12)9-4-2-1-3-5-9/h1-6,8,21H. The van der Waals surface area contributed by atoms with E-state index in [0.29, 0.717) is 10.1 Å². The summed E-state index contributed by atoms with van der Waals surface area (Å²) < 4.78 is 2.40. The van der Waals surface area contributed by atoms with Crippen LogP contribution >= 0.6 is 15.9 Å². The Kier molecular flexibility index (Phi) is 3.38. The van der Waals surface area contributed by atoms with E-state index in [4.69, 9.17) is 10.5 Å². The van der Waals surface area contributed by atoms with Gasteiger partial charge in [0.2, 0.25) is 5.71 Å². The molecular weight excluding hydrogens is 334 g/mol. The molecule has 0 saturated carbocycles. The average molecular weight is 342 g/mol. The number of benzene rings is 1. The molecule has 7 heteroatoms. The van der Waals surface area contributed by atoms with E-state index in [1.54, 1.807) is 16.8 Å². The Morgan fingerprint density at radius 2 is 2.10 bits per heavy atom. The summed E-state index contributed by atoms with van der Waals surface area (Å²) in [5.74, 6) is 0.265. The molecule has 1 aromatic carbocycles. The number of rotatable bonds is 2. The second-order valence-corrected chi connectivity index (χ2v) is 4.97. The van der Waals surface area contributed by atoms with Crippen molar-refractivity contribution in [2.45, 2.75) is 0 Å². The lowest BCUT2D eigenvalue weighted by molar-refractivity contribution is 0.319. The summed E-state index contributed by atoms with van der Waals surface area (Å²) in [6.45, 7) is 0. The number of fused-ring (bicyclic) bond motifs is 1. The largest absolute Gasteiger partial charge is 0.410 e. The third kappa shape index (κ3) is 2.26. The Labute approximate surface area is 128 Å². The summed E-state index contributed by atoms with van der Waals surface area (Å²) in [5, 5.41) is 21.2. The van der Waals surface area contributed by atoms with Gasteiger partial charge in [-0.25, -0.2) is 9.97 Å². The Balaban J connectivity index is 2.41. The first-order valence-electron chi connectivity index (χ1n) is 5.96. The highest BCUT2D eigenvalue weighted by atomic mass is 79.9. The van der Waals surface area contributed by atoms with Crippen molar-refractivity contribution in [2.75, 3.05) is 0 Å². The Hall–Kier alpha value is -2.72. The van der Waals surface area contributed by atoms with Crippen LogP contribution in [0.5, 0.6) is 0 Å². The molecule has 1 N–H and O–H groups in total. The van der Waals surface area contributed by atoms with E-state index in [9.17, 15) is 0 Å². The minimum Gasteiger partial charge on any atom is -0.410 e. The Morgan fingerprint density at radius 3 is 2.76 bits per heavy atom. The minimum absolute atomic E-state index is 0.161. The predicted octanol–water partition coefficient (Wildman–Crippen LogP) is 2.88. The molecule has 0 bridgehead atoms. The SMILES string of the molecule is N#CC(=NO)c1nc2cnc(Br)cc2n1-c1ccccc1. The van der Waals surface area contributed by atoms with Gasteiger partial charge >= 0.3 is 0 Å². The van der Waals surface area contributed by atoms with E-state index in [-0.39, 0.29) is 11.5 Å². The monoisotopic (exact) mass is 341 g/mol. The molecule has 0 unspecified atom stereocenters. The normalized spacial score (nSPS) is 11.5. The summed E-state index contributed by atoms with van der Waals surface area (Å²) >= 11 is 3.32. The molecule has 2 heterocycles. The van der Waals surface area contributed by atoms with Gasteiger partial charge in [-0.3, -0.25) is 4.57 Å². The fraction of sp³-hybridized carbons (Fsp3) is 0. The summed E-state index contributed by atoms with van der Waals surface area (Å²) in [6.07, 6.45) is 1.59. The smallest absolute Gasteiger partial charge is 0.222 e. The third-order valence-electron chi connectivity index (χ3n) is 2.94. The van der Waals surface area contributed by atoms with Crippen molar-refractivity contribution in [1.29, 1.82) is 5.26 Å². The molecule has 2 aromatic heterocycles. The van der Waals surface area contributed by atoms with Crippen molar-refractivity contribution >= 4 is 32.7 Å². The lowest BCUT2D eigenvalue weighted by Gasteiger charge is -2.07. The van der Waals surface area contributed by atoms with Crippen LogP contribution in [0.1, 0.15) is 5.82 Å². The van der Waals surface area contributed by atoms with E-state index < -0.39 is 0 Å². The second-order valence-electron chi connectivity index (χ2n) is 4.16. The van der Waals surface area contributed by atoms with Crippen molar-refractivity contribution in [2.24, 2.45) is 5.16 Å². The van der Waals surface area contributed by atoms with Crippen LogP contribution in [0.15, 0.2) is 52.4 Å². The fourth-order valence-electron chi connectivity index (χ4n) is 2.07. The number of aromatic nitrogens is 3. The van der Waals surface area contributed by atoms with Gasteiger partial charge in [0.25, 0.3) is 0 Å². The molecule has 0 aliphatic rings. The molecule has 0 radical (unpaired) electrons. The van der Waals surface area contributed by atoms with Gasteiger partial charge in [-0.15, -0.1) is 0 Å². The summed E-state index contributed by atoms with van der Waals surface area (Å²) in [4.78, 5) is 8.46. The van der Waals surface area contributed by atoms with Gasteiger partial charge in [-0.2, -0.15) is 5.26 Å². The van der Waals surface area contributed by atoms with Crippen LogP contribution < -0.4 is 0 Å². The van der Waals surface area contributed by atoms with Gasteiger partial charge < -0.3 is 5.21 Å². The highest BCUT2D eigenvalue weighted by molar-refractivity contribution is 9.10. The number of halogens is 1. The van der Waals surface area contributed by atoms with Crippen molar-refractivity contribution in [3.8, 4) is 11.8 Å². The molecular formula is C14H8BrN5O. The number of pyridine rings is 1. The quantitative estimate of drug-likeness (QED) is 0.336. The molecule has 21 heavy (non-hydrogen) atoms. The van der Waals surface area contributed by atoms with E-state index in [2.05, 4.69) is 31.1 Å². The molecule has 3 rings (SSSR count). The minimum atomic E-state index is -0.161. The predicted molar refractivity (Wildman–Crippen MR) is 80.5 cm³/mol. The maximum atomic E-state index is 9.11. The van der Waals surface area contributed by atoms with Crippen LogP contribution in [-0.4, -0.2) is 25.5 Å². The first-order valence-corrected chi connectivity index (χ1v) is 6.76. The van der Waals surface area contributed by atoms with Crippen molar-refractivity contribution in [1.82, 2.24) is 14.5 Å². The zero-order chi connectivity index (χ0) is 14.8. The van der Waals surface area contributed by atoms with Crippen LogP contribution in [0.2, 0.25) is 0 Å². The van der Waals surface area contributed by atoms with Gasteiger partial charge in [0, 0.05) is 5.69 Å². The Bertz CT molecular complexity index is 880.